The van der Waals surface area contributed by atoms with Crippen molar-refractivity contribution < 1.29 is 19.1 Å². The number of hydrogen-bond donors (Lipinski definition) is 1. The van der Waals surface area contributed by atoms with Crippen molar-refractivity contribution in [2.24, 2.45) is 4.99 Å². The molecule has 1 aromatic heterocycles. The smallest absolute Gasteiger partial charge is 0.335 e. The number of carboxylic acid groups (broad SMARTS) is 1. The molecule has 2 heterocycles. The first-order valence-electron chi connectivity index (χ1n) is 11.4. The van der Waals surface area contributed by atoms with Crippen LogP contribution in [0, 0.1) is 0 Å². The summed E-state index contributed by atoms with van der Waals surface area (Å²) in [5.41, 5.74) is 1.68. The molecule has 2 aromatic carbocycles. The predicted molar refractivity (Wildman–Crippen MR) is 134 cm³/mol. The van der Waals surface area contributed by atoms with Gasteiger partial charge < -0.3 is 9.52 Å². The number of carboxylic acids is 1. The molecule has 0 spiro atoms. The normalized spacial score (nSPS) is 19.3. The van der Waals surface area contributed by atoms with Gasteiger partial charge in [0.15, 0.2) is 5.17 Å². The molecular weight excluding hydrogens is 448 g/mol. The molecule has 172 valence electrons. The van der Waals surface area contributed by atoms with Crippen LogP contribution in [0.3, 0.4) is 0 Å². The van der Waals surface area contributed by atoms with E-state index in [1.54, 1.807) is 42.5 Å². The predicted octanol–water partition coefficient (Wildman–Crippen LogP) is 6.58. The summed E-state index contributed by atoms with van der Waals surface area (Å²) < 4.78 is 5.96. The first-order valence-corrected chi connectivity index (χ1v) is 12.2. The lowest BCUT2D eigenvalue weighted by Gasteiger charge is -2.30. The number of hydrogen-bond acceptors (Lipinski definition) is 5. The summed E-state index contributed by atoms with van der Waals surface area (Å²) in [5.74, 6) is 0.0537. The van der Waals surface area contributed by atoms with Crippen molar-refractivity contribution in [3.8, 4) is 11.3 Å². The van der Waals surface area contributed by atoms with Crippen LogP contribution in [0.2, 0.25) is 0 Å². The van der Waals surface area contributed by atoms with Gasteiger partial charge in [-0.05, 0) is 61.0 Å². The van der Waals surface area contributed by atoms with Crippen LogP contribution in [0.15, 0.2) is 81.0 Å². The number of benzene rings is 2. The van der Waals surface area contributed by atoms with Gasteiger partial charge in [-0.25, -0.2) is 9.79 Å². The van der Waals surface area contributed by atoms with E-state index in [4.69, 9.17) is 9.41 Å². The van der Waals surface area contributed by atoms with Gasteiger partial charge in [0.25, 0.3) is 5.91 Å². The number of aliphatic imine (C=N–C) groups is 1. The number of carbonyl (C=O) groups is 2. The van der Waals surface area contributed by atoms with Gasteiger partial charge in [-0.2, -0.15) is 0 Å². The van der Waals surface area contributed by atoms with Gasteiger partial charge in [-0.3, -0.25) is 9.69 Å². The minimum absolute atomic E-state index is 0.0441. The highest BCUT2D eigenvalue weighted by atomic mass is 32.2. The highest BCUT2D eigenvalue weighted by Gasteiger charge is 2.38. The second-order valence-electron chi connectivity index (χ2n) is 8.40. The SMILES string of the molecule is O=C(O)c1cccc(-c2ccc(/C=C3\SC(=Nc4ccccc4)N(C4CCCCC4)C3=O)o2)c1. The molecule has 0 radical (unpaired) electrons. The van der Waals surface area contributed by atoms with Crippen molar-refractivity contribution in [3.05, 3.63) is 83.0 Å². The van der Waals surface area contributed by atoms with Crippen LogP contribution in [0.1, 0.15) is 48.2 Å². The quantitative estimate of drug-likeness (QED) is 0.424. The Morgan fingerprint density at radius 1 is 1.03 bits per heavy atom. The third-order valence-electron chi connectivity index (χ3n) is 6.05. The Bertz CT molecular complexity index is 1270. The van der Waals surface area contributed by atoms with Crippen LogP contribution in [0.4, 0.5) is 5.69 Å². The molecule has 1 saturated heterocycles. The number of carbonyl (C=O) groups excluding carboxylic acids is 1. The maximum Gasteiger partial charge on any atom is 0.335 e. The van der Waals surface area contributed by atoms with Gasteiger partial charge in [-0.1, -0.05) is 49.6 Å². The van der Waals surface area contributed by atoms with Crippen LogP contribution < -0.4 is 0 Å². The number of aromatic carboxylic acids is 1. The number of nitrogens with zero attached hydrogens (tertiary/aromatic N) is 2. The lowest BCUT2D eigenvalue weighted by Crippen LogP contribution is -2.40. The number of para-hydroxylation sites is 1. The van der Waals surface area contributed by atoms with Gasteiger partial charge in [0.1, 0.15) is 11.5 Å². The Morgan fingerprint density at radius 3 is 2.59 bits per heavy atom. The van der Waals surface area contributed by atoms with Crippen molar-refractivity contribution in [1.29, 1.82) is 0 Å². The van der Waals surface area contributed by atoms with E-state index in [0.717, 1.165) is 31.4 Å². The highest BCUT2D eigenvalue weighted by Crippen LogP contribution is 2.39. The summed E-state index contributed by atoms with van der Waals surface area (Å²) >= 11 is 1.37. The molecule has 2 fully saturated rings. The van der Waals surface area contributed by atoms with E-state index in [9.17, 15) is 14.7 Å². The van der Waals surface area contributed by atoms with Crippen LogP contribution in [-0.2, 0) is 4.79 Å². The van der Waals surface area contributed by atoms with E-state index in [1.807, 2.05) is 35.2 Å². The summed E-state index contributed by atoms with van der Waals surface area (Å²) in [6, 6.07) is 20.0. The Morgan fingerprint density at radius 2 is 1.82 bits per heavy atom. The lowest BCUT2D eigenvalue weighted by atomic mass is 9.94. The summed E-state index contributed by atoms with van der Waals surface area (Å²) in [5, 5.41) is 9.95. The molecule has 1 N–H and O–H groups in total. The van der Waals surface area contributed by atoms with Crippen molar-refractivity contribution in [2.75, 3.05) is 0 Å². The molecule has 3 aromatic rings. The van der Waals surface area contributed by atoms with E-state index in [2.05, 4.69) is 0 Å². The van der Waals surface area contributed by atoms with E-state index in [1.165, 1.54) is 18.2 Å². The van der Waals surface area contributed by atoms with E-state index in [0.29, 0.717) is 27.2 Å². The number of thioether (sulfide) groups is 1. The Kier molecular flexibility index (Phi) is 6.36. The van der Waals surface area contributed by atoms with Crippen molar-refractivity contribution >= 4 is 40.6 Å². The van der Waals surface area contributed by atoms with Crippen molar-refractivity contribution in [1.82, 2.24) is 4.90 Å². The molecule has 1 aliphatic heterocycles. The lowest BCUT2D eigenvalue weighted by molar-refractivity contribution is -0.124. The summed E-state index contributed by atoms with van der Waals surface area (Å²) in [6.45, 7) is 0. The number of rotatable bonds is 5. The van der Waals surface area contributed by atoms with E-state index < -0.39 is 5.97 Å². The standard InChI is InChI=1S/C27H24N2O4S/c30-25-24(17-22-14-15-23(33-22)18-8-7-9-19(16-18)26(31)32)34-27(28-20-10-3-1-4-11-20)29(25)21-12-5-2-6-13-21/h1,3-4,7-11,14-17,21H,2,5-6,12-13H2,(H,31,32)/b24-17-,28-27?. The maximum atomic E-state index is 13.5. The average molecular weight is 473 g/mol. The molecule has 7 heteroatoms. The molecule has 2 aliphatic rings. The third-order valence-corrected chi connectivity index (χ3v) is 7.03. The number of furan rings is 1. The second-order valence-corrected chi connectivity index (χ2v) is 9.40. The zero-order chi connectivity index (χ0) is 23.5. The fourth-order valence-electron chi connectivity index (χ4n) is 4.36. The molecule has 0 atom stereocenters. The summed E-state index contributed by atoms with van der Waals surface area (Å²) in [6.07, 6.45) is 7.16. The Labute approximate surface area is 202 Å². The fourth-order valence-corrected chi connectivity index (χ4v) is 5.40. The van der Waals surface area contributed by atoms with Crippen molar-refractivity contribution in [3.63, 3.8) is 0 Å². The van der Waals surface area contributed by atoms with Crippen LogP contribution in [0.5, 0.6) is 0 Å². The zero-order valence-corrected chi connectivity index (χ0v) is 19.3. The van der Waals surface area contributed by atoms with Crippen LogP contribution >= 0.6 is 11.8 Å². The molecule has 1 saturated carbocycles. The number of amides is 1. The van der Waals surface area contributed by atoms with Gasteiger partial charge in [0, 0.05) is 17.7 Å². The largest absolute Gasteiger partial charge is 0.478 e. The van der Waals surface area contributed by atoms with Gasteiger partial charge in [-0.15, -0.1) is 0 Å². The molecule has 1 amide bonds. The van der Waals surface area contributed by atoms with Crippen LogP contribution in [-0.4, -0.2) is 33.1 Å². The Balaban J connectivity index is 1.45. The first-order chi connectivity index (χ1) is 16.6. The molecule has 6 nitrogen and oxygen atoms in total. The summed E-state index contributed by atoms with van der Waals surface area (Å²) in [4.78, 5) is 32.0. The van der Waals surface area contributed by atoms with Gasteiger partial charge in [0.2, 0.25) is 0 Å². The van der Waals surface area contributed by atoms with E-state index in [-0.39, 0.29) is 17.5 Å². The second kappa shape index (κ2) is 9.73. The molecule has 1 aliphatic carbocycles. The van der Waals surface area contributed by atoms with Crippen molar-refractivity contribution in [2.45, 2.75) is 38.1 Å². The monoisotopic (exact) mass is 472 g/mol. The average Bonchev–Trinajstić information content (AvgIpc) is 3.45. The molecule has 0 bridgehead atoms. The minimum atomic E-state index is -0.989. The number of amidine groups is 1. The van der Waals surface area contributed by atoms with E-state index >= 15 is 0 Å². The topological polar surface area (TPSA) is 83.1 Å². The molecule has 34 heavy (non-hydrogen) atoms. The summed E-state index contributed by atoms with van der Waals surface area (Å²) in [7, 11) is 0. The third kappa shape index (κ3) is 4.70. The molecular formula is C27H24N2O4S. The Hall–Kier alpha value is -3.58. The fraction of sp³-hybridized carbons (Fsp3) is 0.222. The van der Waals surface area contributed by atoms with Gasteiger partial charge in [0.05, 0.1) is 16.2 Å². The first kappa shape index (κ1) is 22.2. The molecule has 5 rings (SSSR count). The highest BCUT2D eigenvalue weighted by molar-refractivity contribution is 8.18. The molecule has 0 unspecified atom stereocenters. The zero-order valence-electron chi connectivity index (χ0n) is 18.5. The van der Waals surface area contributed by atoms with Crippen LogP contribution in [0.25, 0.3) is 17.4 Å². The van der Waals surface area contributed by atoms with Gasteiger partial charge >= 0.3 is 5.97 Å². The maximum absolute atomic E-state index is 13.5. The minimum Gasteiger partial charge on any atom is -0.478 e.